The van der Waals surface area contributed by atoms with E-state index in [1.165, 1.54) is 7.11 Å². The van der Waals surface area contributed by atoms with Crippen LogP contribution in [0, 0.1) is 0 Å². The van der Waals surface area contributed by atoms with Crippen LogP contribution in [-0.2, 0) is 11.2 Å². The fourth-order valence-electron chi connectivity index (χ4n) is 2.21. The van der Waals surface area contributed by atoms with Crippen LogP contribution in [-0.4, -0.2) is 13.1 Å². The predicted molar refractivity (Wildman–Crippen MR) is 62.7 cm³/mol. The van der Waals surface area contributed by atoms with Gasteiger partial charge in [-0.05, 0) is 42.5 Å². The number of esters is 1. The minimum atomic E-state index is -0.340. The first-order chi connectivity index (χ1) is 7.63. The summed E-state index contributed by atoms with van der Waals surface area (Å²) in [5, 5.41) is 0.538. The first-order valence-corrected chi connectivity index (χ1v) is 5.67. The van der Waals surface area contributed by atoms with Gasteiger partial charge in [0.05, 0.1) is 12.7 Å². The predicted octanol–water partition coefficient (Wildman–Crippen LogP) is 2.46. The highest BCUT2D eigenvalue weighted by atomic mass is 35.5. The quantitative estimate of drug-likeness (QED) is 0.766. The zero-order valence-corrected chi connectivity index (χ0v) is 9.88. The van der Waals surface area contributed by atoms with Crippen LogP contribution in [0.5, 0.6) is 0 Å². The monoisotopic (exact) mass is 239 g/mol. The first-order valence-electron chi connectivity index (χ1n) is 5.29. The molecule has 2 rings (SSSR count). The highest BCUT2D eigenvalue weighted by Gasteiger charge is 2.23. The molecule has 1 unspecified atom stereocenters. The summed E-state index contributed by atoms with van der Waals surface area (Å²) in [5.74, 6) is -0.340. The number of benzene rings is 1. The molecule has 0 aliphatic heterocycles. The van der Waals surface area contributed by atoms with Crippen molar-refractivity contribution in [1.82, 2.24) is 0 Å². The molecule has 0 bridgehead atoms. The van der Waals surface area contributed by atoms with Crippen LogP contribution in [0.3, 0.4) is 0 Å². The topological polar surface area (TPSA) is 52.3 Å². The number of halogens is 1. The summed E-state index contributed by atoms with van der Waals surface area (Å²) >= 11 is 5.98. The molecular formula is C12H14ClNO2. The molecule has 0 heterocycles. The molecule has 0 fully saturated rings. The molecule has 1 aliphatic rings. The second kappa shape index (κ2) is 4.44. The Morgan fingerprint density at radius 2 is 2.31 bits per heavy atom. The third-order valence-electron chi connectivity index (χ3n) is 3.00. The molecule has 1 atom stereocenters. The van der Waals surface area contributed by atoms with E-state index in [4.69, 9.17) is 22.1 Å². The van der Waals surface area contributed by atoms with Gasteiger partial charge in [0.15, 0.2) is 0 Å². The van der Waals surface area contributed by atoms with E-state index < -0.39 is 0 Å². The lowest BCUT2D eigenvalue weighted by atomic mass is 9.85. The molecule has 0 spiro atoms. The Balaban J connectivity index is 2.57. The van der Waals surface area contributed by atoms with Crippen LogP contribution in [0.1, 0.15) is 40.4 Å². The molecule has 0 aromatic heterocycles. The van der Waals surface area contributed by atoms with Gasteiger partial charge in [0.25, 0.3) is 0 Å². The number of hydrogen-bond acceptors (Lipinski definition) is 3. The molecule has 1 aromatic carbocycles. The molecule has 86 valence electrons. The maximum absolute atomic E-state index is 11.6. The van der Waals surface area contributed by atoms with Crippen LogP contribution >= 0.6 is 11.6 Å². The maximum Gasteiger partial charge on any atom is 0.338 e. The molecule has 0 saturated heterocycles. The molecule has 0 saturated carbocycles. The number of carbonyl (C=O) groups is 1. The lowest BCUT2D eigenvalue weighted by Gasteiger charge is -2.24. The third-order valence-corrected chi connectivity index (χ3v) is 3.21. The zero-order chi connectivity index (χ0) is 11.7. The Bertz CT molecular complexity index is 431. The summed E-state index contributed by atoms with van der Waals surface area (Å²) < 4.78 is 4.75. The second-order valence-electron chi connectivity index (χ2n) is 4.01. The normalized spacial score (nSPS) is 19.1. The van der Waals surface area contributed by atoms with Gasteiger partial charge in [0.2, 0.25) is 0 Å². The molecular weight excluding hydrogens is 226 g/mol. The number of ether oxygens (including phenoxy) is 1. The largest absolute Gasteiger partial charge is 0.465 e. The lowest BCUT2D eigenvalue weighted by molar-refractivity contribution is 0.0599. The smallest absolute Gasteiger partial charge is 0.338 e. The summed E-state index contributed by atoms with van der Waals surface area (Å²) in [6.07, 6.45) is 2.80. The van der Waals surface area contributed by atoms with Gasteiger partial charge in [-0.2, -0.15) is 0 Å². The molecule has 1 aliphatic carbocycles. The Morgan fingerprint density at radius 1 is 1.56 bits per heavy atom. The van der Waals surface area contributed by atoms with Gasteiger partial charge in [0, 0.05) is 11.1 Å². The number of methoxy groups -OCH3 is 1. The number of rotatable bonds is 1. The molecule has 4 heteroatoms. The summed E-state index contributed by atoms with van der Waals surface area (Å²) in [7, 11) is 1.37. The Morgan fingerprint density at radius 3 is 3.00 bits per heavy atom. The third kappa shape index (κ3) is 1.93. The maximum atomic E-state index is 11.6. The van der Waals surface area contributed by atoms with E-state index in [9.17, 15) is 4.79 Å². The van der Waals surface area contributed by atoms with Crippen molar-refractivity contribution in [2.24, 2.45) is 5.73 Å². The van der Waals surface area contributed by atoms with Crippen molar-refractivity contribution in [3.8, 4) is 0 Å². The van der Waals surface area contributed by atoms with Gasteiger partial charge < -0.3 is 10.5 Å². The van der Waals surface area contributed by atoms with E-state index in [0.717, 1.165) is 30.4 Å². The van der Waals surface area contributed by atoms with Crippen molar-refractivity contribution in [2.75, 3.05) is 7.11 Å². The molecule has 3 nitrogen and oxygen atoms in total. The first kappa shape index (κ1) is 11.4. The molecule has 1 aromatic rings. The summed E-state index contributed by atoms with van der Waals surface area (Å²) in [5.41, 5.74) is 8.55. The van der Waals surface area contributed by atoms with Crippen LogP contribution < -0.4 is 5.73 Å². The Kier molecular flexibility index (Phi) is 3.17. The van der Waals surface area contributed by atoms with Gasteiger partial charge in [-0.25, -0.2) is 4.79 Å². The van der Waals surface area contributed by atoms with Crippen LogP contribution in [0.4, 0.5) is 0 Å². The van der Waals surface area contributed by atoms with Gasteiger partial charge in [-0.15, -0.1) is 0 Å². The van der Waals surface area contributed by atoms with Crippen LogP contribution in [0.2, 0.25) is 5.02 Å². The van der Waals surface area contributed by atoms with E-state index in [0.29, 0.717) is 10.6 Å². The van der Waals surface area contributed by atoms with Crippen molar-refractivity contribution in [1.29, 1.82) is 0 Å². The summed E-state index contributed by atoms with van der Waals surface area (Å²) in [4.78, 5) is 11.6. The fraction of sp³-hybridized carbons (Fsp3) is 0.417. The summed E-state index contributed by atoms with van der Waals surface area (Å²) in [6, 6.07) is 3.49. The standard InChI is InChI=1S/C12H14ClNO2/c1-16-12(15)10-6-7(13)5-9-8(10)3-2-4-11(9)14/h5-6,11H,2-4,14H2,1H3. The zero-order valence-electron chi connectivity index (χ0n) is 9.13. The van der Waals surface area contributed by atoms with Crippen molar-refractivity contribution in [3.05, 3.63) is 33.8 Å². The van der Waals surface area contributed by atoms with E-state index in [-0.39, 0.29) is 12.0 Å². The highest BCUT2D eigenvalue weighted by molar-refractivity contribution is 6.31. The van der Waals surface area contributed by atoms with E-state index in [2.05, 4.69) is 0 Å². The van der Waals surface area contributed by atoms with E-state index in [1.807, 2.05) is 6.07 Å². The average Bonchev–Trinajstić information content (AvgIpc) is 2.28. The van der Waals surface area contributed by atoms with Crippen molar-refractivity contribution >= 4 is 17.6 Å². The van der Waals surface area contributed by atoms with Crippen molar-refractivity contribution < 1.29 is 9.53 Å². The minimum absolute atomic E-state index is 0.0224. The SMILES string of the molecule is COC(=O)c1cc(Cl)cc2c1CCCC2N. The van der Waals surface area contributed by atoms with Crippen molar-refractivity contribution in [3.63, 3.8) is 0 Å². The van der Waals surface area contributed by atoms with Crippen molar-refractivity contribution in [2.45, 2.75) is 25.3 Å². The lowest BCUT2D eigenvalue weighted by Crippen LogP contribution is -2.20. The van der Waals surface area contributed by atoms with Gasteiger partial charge >= 0.3 is 5.97 Å². The van der Waals surface area contributed by atoms with E-state index in [1.54, 1.807) is 6.07 Å². The van der Waals surface area contributed by atoms with Crippen LogP contribution in [0.15, 0.2) is 12.1 Å². The fourth-order valence-corrected chi connectivity index (χ4v) is 2.44. The Labute approximate surface area is 99.5 Å². The molecule has 0 radical (unpaired) electrons. The average molecular weight is 240 g/mol. The molecule has 2 N–H and O–H groups in total. The van der Waals surface area contributed by atoms with Gasteiger partial charge in [0.1, 0.15) is 0 Å². The van der Waals surface area contributed by atoms with Gasteiger partial charge in [-0.1, -0.05) is 11.6 Å². The number of fused-ring (bicyclic) bond motifs is 1. The van der Waals surface area contributed by atoms with E-state index >= 15 is 0 Å². The number of carbonyl (C=O) groups excluding carboxylic acids is 1. The second-order valence-corrected chi connectivity index (χ2v) is 4.45. The molecule has 16 heavy (non-hydrogen) atoms. The number of hydrogen-bond donors (Lipinski definition) is 1. The van der Waals surface area contributed by atoms with Gasteiger partial charge in [-0.3, -0.25) is 0 Å². The van der Waals surface area contributed by atoms with Crippen LogP contribution in [0.25, 0.3) is 0 Å². The summed E-state index contributed by atoms with van der Waals surface area (Å²) in [6.45, 7) is 0. The highest BCUT2D eigenvalue weighted by Crippen LogP contribution is 2.33. The number of nitrogens with two attached hydrogens (primary N) is 1. The minimum Gasteiger partial charge on any atom is -0.465 e. The molecule has 0 amide bonds. The Hall–Kier alpha value is -1.06.